The minimum atomic E-state index is 0.0165. The van der Waals surface area contributed by atoms with E-state index in [0.29, 0.717) is 33.7 Å². The third kappa shape index (κ3) is 2.77. The second-order valence-electron chi connectivity index (χ2n) is 5.69. The molecule has 0 saturated carbocycles. The number of methoxy groups -OCH3 is 1. The molecular weight excluding hydrogens is 332 g/mol. The molecule has 0 aliphatic heterocycles. The molecule has 4 aromatic rings. The fraction of sp³-hybridized carbons (Fsp3) is 0.0500. The molecule has 0 fully saturated rings. The lowest BCUT2D eigenvalue weighted by molar-refractivity contribution is 0.112. The van der Waals surface area contributed by atoms with Gasteiger partial charge in [-0.05, 0) is 36.4 Å². The standard InChI is InChI=1S/C20H14N2O4/c1-25-20-8-15-17(9-18(20)24)21-5-4-19(15)26-14-2-3-16-13(7-14)6-12(11-23)10-22-16/h2-11,24H,1H3. The molecule has 0 atom stereocenters. The molecule has 0 saturated heterocycles. The zero-order valence-electron chi connectivity index (χ0n) is 13.8. The first kappa shape index (κ1) is 15.8. The van der Waals surface area contributed by atoms with E-state index in [0.717, 1.165) is 17.2 Å². The van der Waals surface area contributed by atoms with Crippen molar-refractivity contribution in [3.05, 3.63) is 60.4 Å². The van der Waals surface area contributed by atoms with Crippen LogP contribution in [0.5, 0.6) is 23.0 Å². The van der Waals surface area contributed by atoms with Gasteiger partial charge >= 0.3 is 0 Å². The topological polar surface area (TPSA) is 81.5 Å². The largest absolute Gasteiger partial charge is 0.504 e. The van der Waals surface area contributed by atoms with Crippen molar-refractivity contribution in [1.29, 1.82) is 0 Å². The van der Waals surface area contributed by atoms with E-state index < -0.39 is 0 Å². The summed E-state index contributed by atoms with van der Waals surface area (Å²) in [5.74, 6) is 1.53. The van der Waals surface area contributed by atoms with Crippen LogP contribution in [0.1, 0.15) is 10.4 Å². The number of rotatable bonds is 4. The highest BCUT2D eigenvalue weighted by molar-refractivity contribution is 5.89. The summed E-state index contributed by atoms with van der Waals surface area (Å²) in [6, 6.07) is 12.2. The quantitative estimate of drug-likeness (QED) is 0.560. The van der Waals surface area contributed by atoms with E-state index in [1.54, 1.807) is 30.5 Å². The maximum Gasteiger partial charge on any atom is 0.161 e. The molecule has 1 N–H and O–H groups in total. The Balaban J connectivity index is 1.79. The second kappa shape index (κ2) is 6.33. The molecule has 0 unspecified atom stereocenters. The molecule has 0 spiro atoms. The van der Waals surface area contributed by atoms with E-state index in [2.05, 4.69) is 9.97 Å². The number of hydrogen-bond acceptors (Lipinski definition) is 6. The summed E-state index contributed by atoms with van der Waals surface area (Å²) in [6.45, 7) is 0. The van der Waals surface area contributed by atoms with Crippen LogP contribution in [0.25, 0.3) is 21.8 Å². The molecule has 2 aromatic heterocycles. The number of phenolic OH excluding ortho intramolecular Hbond substituents is 1. The van der Waals surface area contributed by atoms with Gasteiger partial charge in [0, 0.05) is 34.8 Å². The summed E-state index contributed by atoms with van der Waals surface area (Å²) in [7, 11) is 1.48. The van der Waals surface area contributed by atoms with Gasteiger partial charge in [0.2, 0.25) is 0 Å². The maximum absolute atomic E-state index is 10.9. The van der Waals surface area contributed by atoms with Gasteiger partial charge in [0.15, 0.2) is 17.8 Å². The van der Waals surface area contributed by atoms with Crippen molar-refractivity contribution >= 4 is 28.1 Å². The van der Waals surface area contributed by atoms with Gasteiger partial charge in [-0.3, -0.25) is 14.8 Å². The van der Waals surface area contributed by atoms with Gasteiger partial charge < -0.3 is 14.6 Å². The molecule has 0 aliphatic rings. The van der Waals surface area contributed by atoms with Crippen LogP contribution in [-0.4, -0.2) is 28.5 Å². The average molecular weight is 346 g/mol. The van der Waals surface area contributed by atoms with Crippen LogP contribution < -0.4 is 9.47 Å². The number of nitrogens with zero attached hydrogens (tertiary/aromatic N) is 2. The predicted octanol–water partition coefficient (Wildman–Crippen LogP) is 4.10. The van der Waals surface area contributed by atoms with E-state index in [9.17, 15) is 9.90 Å². The number of carbonyl (C=O) groups is 1. The van der Waals surface area contributed by atoms with Crippen LogP contribution in [0.3, 0.4) is 0 Å². The number of benzene rings is 2. The van der Waals surface area contributed by atoms with Crippen molar-refractivity contribution in [2.45, 2.75) is 0 Å². The van der Waals surface area contributed by atoms with Crippen LogP contribution in [-0.2, 0) is 0 Å². The van der Waals surface area contributed by atoms with Crippen LogP contribution in [0, 0.1) is 0 Å². The first-order chi connectivity index (χ1) is 12.7. The van der Waals surface area contributed by atoms with Gasteiger partial charge in [-0.15, -0.1) is 0 Å². The number of fused-ring (bicyclic) bond motifs is 2. The number of hydrogen-bond donors (Lipinski definition) is 1. The van der Waals surface area contributed by atoms with E-state index in [1.165, 1.54) is 19.4 Å². The Bertz CT molecular complexity index is 1140. The Kier molecular flexibility index (Phi) is 3.85. The van der Waals surface area contributed by atoms with Crippen LogP contribution in [0.2, 0.25) is 0 Å². The summed E-state index contributed by atoms with van der Waals surface area (Å²) in [5, 5.41) is 11.4. The average Bonchev–Trinajstić information content (AvgIpc) is 2.67. The fourth-order valence-corrected chi connectivity index (χ4v) is 2.77. The van der Waals surface area contributed by atoms with Gasteiger partial charge in [-0.2, -0.15) is 0 Å². The fourth-order valence-electron chi connectivity index (χ4n) is 2.77. The Hall–Kier alpha value is -3.67. The third-order valence-electron chi connectivity index (χ3n) is 4.04. The maximum atomic E-state index is 10.9. The van der Waals surface area contributed by atoms with Gasteiger partial charge in [0.25, 0.3) is 0 Å². The van der Waals surface area contributed by atoms with Crippen molar-refractivity contribution in [2.24, 2.45) is 0 Å². The number of ether oxygens (including phenoxy) is 2. The molecule has 6 heteroatoms. The predicted molar refractivity (Wildman–Crippen MR) is 97.2 cm³/mol. The number of aromatic nitrogens is 2. The van der Waals surface area contributed by atoms with E-state index in [-0.39, 0.29) is 5.75 Å². The molecular formula is C20H14N2O4. The van der Waals surface area contributed by atoms with E-state index in [4.69, 9.17) is 9.47 Å². The molecule has 128 valence electrons. The highest BCUT2D eigenvalue weighted by Crippen LogP contribution is 2.36. The lowest BCUT2D eigenvalue weighted by atomic mass is 10.1. The lowest BCUT2D eigenvalue weighted by Gasteiger charge is -2.11. The summed E-state index contributed by atoms with van der Waals surface area (Å²) >= 11 is 0. The van der Waals surface area contributed by atoms with Gasteiger partial charge in [-0.25, -0.2) is 0 Å². The minimum Gasteiger partial charge on any atom is -0.504 e. The Morgan fingerprint density at radius 1 is 1.00 bits per heavy atom. The van der Waals surface area contributed by atoms with Crippen LogP contribution in [0.4, 0.5) is 0 Å². The normalized spacial score (nSPS) is 10.8. The molecule has 0 bridgehead atoms. The lowest BCUT2D eigenvalue weighted by Crippen LogP contribution is -1.91. The molecule has 0 radical (unpaired) electrons. The third-order valence-corrected chi connectivity index (χ3v) is 4.04. The van der Waals surface area contributed by atoms with Gasteiger partial charge in [-0.1, -0.05) is 0 Å². The SMILES string of the molecule is COc1cc2c(Oc3ccc4ncc(C=O)cc4c3)ccnc2cc1O. The molecule has 2 aromatic carbocycles. The van der Waals surface area contributed by atoms with Gasteiger partial charge in [0.05, 0.1) is 18.1 Å². The Morgan fingerprint density at radius 3 is 2.69 bits per heavy atom. The molecule has 2 heterocycles. The summed E-state index contributed by atoms with van der Waals surface area (Å²) < 4.78 is 11.2. The van der Waals surface area contributed by atoms with Crippen LogP contribution in [0.15, 0.2) is 54.9 Å². The van der Waals surface area contributed by atoms with E-state index >= 15 is 0 Å². The molecule has 26 heavy (non-hydrogen) atoms. The van der Waals surface area contributed by atoms with E-state index in [1.807, 2.05) is 12.1 Å². The number of carbonyl (C=O) groups excluding carboxylic acids is 1. The van der Waals surface area contributed by atoms with Crippen molar-refractivity contribution in [1.82, 2.24) is 9.97 Å². The molecule has 4 rings (SSSR count). The Morgan fingerprint density at radius 2 is 1.88 bits per heavy atom. The zero-order valence-corrected chi connectivity index (χ0v) is 13.8. The molecule has 6 nitrogen and oxygen atoms in total. The summed E-state index contributed by atoms with van der Waals surface area (Å²) in [6.07, 6.45) is 3.90. The van der Waals surface area contributed by atoms with Crippen LogP contribution >= 0.6 is 0 Å². The van der Waals surface area contributed by atoms with Crippen molar-refractivity contribution in [3.8, 4) is 23.0 Å². The van der Waals surface area contributed by atoms with Crippen molar-refractivity contribution in [2.75, 3.05) is 7.11 Å². The van der Waals surface area contributed by atoms with Gasteiger partial charge in [0.1, 0.15) is 11.5 Å². The smallest absolute Gasteiger partial charge is 0.161 e. The van der Waals surface area contributed by atoms with Crippen molar-refractivity contribution in [3.63, 3.8) is 0 Å². The summed E-state index contributed by atoms with van der Waals surface area (Å²) in [5.41, 5.74) is 1.87. The molecule has 0 aliphatic carbocycles. The number of phenols is 1. The first-order valence-corrected chi connectivity index (χ1v) is 7.86. The highest BCUT2D eigenvalue weighted by Gasteiger charge is 2.10. The monoisotopic (exact) mass is 346 g/mol. The second-order valence-corrected chi connectivity index (χ2v) is 5.69. The minimum absolute atomic E-state index is 0.0165. The summed E-state index contributed by atoms with van der Waals surface area (Å²) in [4.78, 5) is 19.4. The number of aromatic hydroxyl groups is 1. The molecule has 0 amide bonds. The highest BCUT2D eigenvalue weighted by atomic mass is 16.5. The number of pyridine rings is 2. The van der Waals surface area contributed by atoms with Crippen molar-refractivity contribution < 1.29 is 19.4 Å². The zero-order chi connectivity index (χ0) is 18.1. The number of aldehydes is 1. The Labute approximate surface area is 148 Å². The first-order valence-electron chi connectivity index (χ1n) is 7.86.